The number of rotatable bonds is 1. The molecular weight excluding hydrogens is 206 g/mol. The molecule has 0 nitrogen and oxygen atoms in total. The normalized spacial score (nSPS) is 45.2. The van der Waals surface area contributed by atoms with E-state index in [9.17, 15) is 8.78 Å². The SMILES string of the molecule is CC1CC=C(F)C[C@@H]1C1(C)CCCC(F)C1. The maximum atomic E-state index is 13.5. The van der Waals surface area contributed by atoms with Crippen molar-refractivity contribution in [1.29, 1.82) is 0 Å². The summed E-state index contributed by atoms with van der Waals surface area (Å²) in [7, 11) is 0. The third kappa shape index (κ3) is 2.31. The average molecular weight is 228 g/mol. The second-order valence-corrected chi connectivity index (χ2v) is 6.02. The predicted octanol–water partition coefficient (Wildman–Crippen LogP) is 4.80. The topological polar surface area (TPSA) is 0 Å². The van der Waals surface area contributed by atoms with Gasteiger partial charge in [-0.15, -0.1) is 0 Å². The highest BCUT2D eigenvalue weighted by atomic mass is 19.1. The van der Waals surface area contributed by atoms with Crippen LogP contribution in [0.15, 0.2) is 11.9 Å². The molecule has 2 aliphatic rings. The summed E-state index contributed by atoms with van der Waals surface area (Å²) in [5.41, 5.74) is 0.0166. The standard InChI is InChI=1S/C14H22F2/c1-10-5-6-11(15)8-13(10)14(2)7-3-4-12(16)9-14/h6,10,12-13H,3-5,7-9H2,1-2H3/t10?,12?,13-,14?/m0/s1. The maximum absolute atomic E-state index is 13.5. The molecule has 4 atom stereocenters. The van der Waals surface area contributed by atoms with Gasteiger partial charge in [0.05, 0.1) is 5.83 Å². The van der Waals surface area contributed by atoms with Gasteiger partial charge in [-0.3, -0.25) is 0 Å². The van der Waals surface area contributed by atoms with E-state index in [1.807, 2.05) is 0 Å². The number of hydrogen-bond donors (Lipinski definition) is 0. The van der Waals surface area contributed by atoms with E-state index in [2.05, 4.69) is 13.8 Å². The van der Waals surface area contributed by atoms with E-state index < -0.39 is 6.17 Å². The zero-order valence-corrected chi connectivity index (χ0v) is 10.3. The Morgan fingerprint density at radius 1 is 1.44 bits per heavy atom. The van der Waals surface area contributed by atoms with Crippen molar-refractivity contribution in [1.82, 2.24) is 0 Å². The largest absolute Gasteiger partial charge is 0.247 e. The highest BCUT2D eigenvalue weighted by Crippen LogP contribution is 2.50. The van der Waals surface area contributed by atoms with Crippen LogP contribution >= 0.6 is 0 Å². The Labute approximate surface area is 97.1 Å². The quantitative estimate of drug-likeness (QED) is 0.604. The van der Waals surface area contributed by atoms with E-state index in [0.29, 0.717) is 31.1 Å². The summed E-state index contributed by atoms with van der Waals surface area (Å²) < 4.78 is 26.9. The Morgan fingerprint density at radius 3 is 2.88 bits per heavy atom. The fourth-order valence-electron chi connectivity index (χ4n) is 3.68. The average Bonchev–Trinajstić information content (AvgIpc) is 2.21. The molecule has 0 N–H and O–H groups in total. The molecule has 0 heterocycles. The molecule has 0 spiro atoms. The van der Waals surface area contributed by atoms with Crippen LogP contribution in [-0.4, -0.2) is 6.17 Å². The summed E-state index contributed by atoms with van der Waals surface area (Å²) in [4.78, 5) is 0. The van der Waals surface area contributed by atoms with Gasteiger partial charge < -0.3 is 0 Å². The van der Waals surface area contributed by atoms with Crippen LogP contribution in [0.3, 0.4) is 0 Å². The van der Waals surface area contributed by atoms with E-state index in [0.717, 1.165) is 19.3 Å². The van der Waals surface area contributed by atoms with Crippen LogP contribution in [-0.2, 0) is 0 Å². The third-order valence-electron chi connectivity index (χ3n) is 4.66. The minimum atomic E-state index is -0.667. The molecule has 0 aromatic rings. The van der Waals surface area contributed by atoms with Crippen molar-refractivity contribution >= 4 is 0 Å². The highest BCUT2D eigenvalue weighted by molar-refractivity contribution is 5.05. The van der Waals surface area contributed by atoms with Crippen LogP contribution in [0, 0.1) is 17.3 Å². The van der Waals surface area contributed by atoms with Crippen LogP contribution in [0.1, 0.15) is 52.4 Å². The lowest BCUT2D eigenvalue weighted by Crippen LogP contribution is -2.38. The van der Waals surface area contributed by atoms with Crippen molar-refractivity contribution in [3.63, 3.8) is 0 Å². The third-order valence-corrected chi connectivity index (χ3v) is 4.66. The molecule has 2 heteroatoms. The maximum Gasteiger partial charge on any atom is 0.101 e. The van der Waals surface area contributed by atoms with Crippen molar-refractivity contribution in [2.45, 2.75) is 58.5 Å². The van der Waals surface area contributed by atoms with Gasteiger partial charge in [0.25, 0.3) is 0 Å². The van der Waals surface area contributed by atoms with Crippen molar-refractivity contribution < 1.29 is 8.78 Å². The van der Waals surface area contributed by atoms with Gasteiger partial charge in [0.2, 0.25) is 0 Å². The van der Waals surface area contributed by atoms with E-state index in [1.165, 1.54) is 0 Å². The lowest BCUT2D eigenvalue weighted by Gasteiger charge is -2.45. The van der Waals surface area contributed by atoms with Crippen molar-refractivity contribution in [3.8, 4) is 0 Å². The molecule has 0 saturated heterocycles. The van der Waals surface area contributed by atoms with E-state index in [4.69, 9.17) is 0 Å². The molecule has 2 rings (SSSR count). The Kier molecular flexibility index (Phi) is 3.37. The van der Waals surface area contributed by atoms with Crippen molar-refractivity contribution in [3.05, 3.63) is 11.9 Å². The van der Waals surface area contributed by atoms with Gasteiger partial charge in [-0.05, 0) is 42.9 Å². The smallest absolute Gasteiger partial charge is 0.101 e. The molecular formula is C14H22F2. The number of alkyl halides is 1. The first-order valence-corrected chi connectivity index (χ1v) is 6.50. The van der Waals surface area contributed by atoms with Crippen molar-refractivity contribution in [2.24, 2.45) is 17.3 Å². The molecule has 0 amide bonds. The molecule has 0 aliphatic heterocycles. The van der Waals surface area contributed by atoms with Crippen LogP contribution < -0.4 is 0 Å². The highest BCUT2D eigenvalue weighted by Gasteiger charge is 2.42. The molecule has 0 radical (unpaired) electrons. The molecule has 0 bridgehead atoms. The summed E-state index contributed by atoms with van der Waals surface area (Å²) in [6.07, 6.45) is 5.76. The molecule has 92 valence electrons. The molecule has 0 aromatic carbocycles. The minimum Gasteiger partial charge on any atom is -0.247 e. The summed E-state index contributed by atoms with van der Waals surface area (Å²) in [6.45, 7) is 4.35. The zero-order valence-electron chi connectivity index (χ0n) is 10.3. The fraction of sp³-hybridized carbons (Fsp3) is 0.857. The van der Waals surface area contributed by atoms with Crippen LogP contribution in [0.5, 0.6) is 0 Å². The summed E-state index contributed by atoms with van der Waals surface area (Å²) >= 11 is 0. The van der Waals surface area contributed by atoms with E-state index in [-0.39, 0.29) is 11.2 Å². The first-order chi connectivity index (χ1) is 7.51. The monoisotopic (exact) mass is 228 g/mol. The minimum absolute atomic E-state index is 0.0166. The fourth-order valence-corrected chi connectivity index (χ4v) is 3.68. The number of allylic oxidation sites excluding steroid dienone is 2. The summed E-state index contributed by atoms with van der Waals surface area (Å²) in [6, 6.07) is 0. The molecule has 1 fully saturated rings. The van der Waals surface area contributed by atoms with Crippen LogP contribution in [0.4, 0.5) is 8.78 Å². The lowest BCUT2D eigenvalue weighted by atomic mass is 9.60. The van der Waals surface area contributed by atoms with Gasteiger partial charge in [0.15, 0.2) is 0 Å². The Bertz CT molecular complexity index is 284. The van der Waals surface area contributed by atoms with Gasteiger partial charge >= 0.3 is 0 Å². The molecule has 2 aliphatic carbocycles. The Morgan fingerprint density at radius 2 is 2.19 bits per heavy atom. The second-order valence-electron chi connectivity index (χ2n) is 6.02. The number of halogens is 2. The first-order valence-electron chi connectivity index (χ1n) is 6.50. The summed E-state index contributed by atoms with van der Waals surface area (Å²) in [5, 5.41) is 0. The van der Waals surface area contributed by atoms with Gasteiger partial charge in [0.1, 0.15) is 6.17 Å². The van der Waals surface area contributed by atoms with Crippen LogP contribution in [0.2, 0.25) is 0 Å². The van der Waals surface area contributed by atoms with Crippen LogP contribution in [0.25, 0.3) is 0 Å². The molecule has 16 heavy (non-hydrogen) atoms. The predicted molar refractivity (Wildman–Crippen MR) is 62.6 cm³/mol. The Hall–Kier alpha value is -0.400. The molecule has 0 aromatic heterocycles. The lowest BCUT2D eigenvalue weighted by molar-refractivity contribution is 0.0301. The van der Waals surface area contributed by atoms with Gasteiger partial charge in [-0.25, -0.2) is 8.78 Å². The zero-order chi connectivity index (χ0) is 11.8. The molecule has 1 saturated carbocycles. The van der Waals surface area contributed by atoms with E-state index >= 15 is 0 Å². The summed E-state index contributed by atoms with van der Waals surface area (Å²) in [5.74, 6) is 0.844. The molecule has 3 unspecified atom stereocenters. The van der Waals surface area contributed by atoms with Gasteiger partial charge in [0, 0.05) is 6.42 Å². The van der Waals surface area contributed by atoms with E-state index in [1.54, 1.807) is 6.08 Å². The first kappa shape index (κ1) is 12.1. The second kappa shape index (κ2) is 4.46. The van der Waals surface area contributed by atoms with Gasteiger partial charge in [-0.2, -0.15) is 0 Å². The number of hydrogen-bond acceptors (Lipinski definition) is 0. The Balaban J connectivity index is 2.12. The van der Waals surface area contributed by atoms with Crippen molar-refractivity contribution in [2.75, 3.05) is 0 Å². The van der Waals surface area contributed by atoms with Gasteiger partial charge in [-0.1, -0.05) is 26.3 Å².